The van der Waals surface area contributed by atoms with E-state index in [1.165, 1.54) is 12.8 Å². The Kier molecular flexibility index (Phi) is 6.57. The van der Waals surface area contributed by atoms with Gasteiger partial charge in [-0.25, -0.2) is 0 Å². The highest BCUT2D eigenvalue weighted by atomic mass is 16.4. The van der Waals surface area contributed by atoms with Crippen LogP contribution in [0, 0.1) is 0 Å². The third-order valence-electron chi connectivity index (χ3n) is 3.28. The van der Waals surface area contributed by atoms with Gasteiger partial charge in [0.15, 0.2) is 0 Å². The number of aliphatic carboxylic acids is 1. The second-order valence-electron chi connectivity index (χ2n) is 4.40. The van der Waals surface area contributed by atoms with Gasteiger partial charge in [0.1, 0.15) is 5.54 Å². The zero-order valence-electron chi connectivity index (χ0n) is 10.5. The Morgan fingerprint density at radius 2 is 1.80 bits per heavy atom. The van der Waals surface area contributed by atoms with Crippen LogP contribution in [0.5, 0.6) is 0 Å². The number of likely N-dealkylation sites (N-methyl/N-ethyl adjacent to an activating group) is 1. The number of carboxylic acids is 1. The molecule has 0 aromatic rings. The molecule has 1 atom stereocenters. The SMILES string of the molecule is CCCCCCC(CC)(C(=O)O)N(C)C. The molecule has 1 N–H and O–H groups in total. The van der Waals surface area contributed by atoms with E-state index in [1.807, 2.05) is 25.9 Å². The highest BCUT2D eigenvalue weighted by Crippen LogP contribution is 2.25. The molecule has 0 amide bonds. The summed E-state index contributed by atoms with van der Waals surface area (Å²) < 4.78 is 0. The van der Waals surface area contributed by atoms with Crippen molar-refractivity contribution < 1.29 is 9.90 Å². The minimum Gasteiger partial charge on any atom is -0.480 e. The second kappa shape index (κ2) is 6.83. The van der Waals surface area contributed by atoms with Crippen LogP contribution < -0.4 is 0 Å². The van der Waals surface area contributed by atoms with Gasteiger partial charge in [-0.15, -0.1) is 0 Å². The predicted molar refractivity (Wildman–Crippen MR) is 63.1 cm³/mol. The molecule has 0 aliphatic heterocycles. The summed E-state index contributed by atoms with van der Waals surface area (Å²) in [6.45, 7) is 4.12. The molecule has 3 nitrogen and oxygen atoms in total. The lowest BCUT2D eigenvalue weighted by Crippen LogP contribution is -2.50. The summed E-state index contributed by atoms with van der Waals surface area (Å²) in [6.07, 6.45) is 5.96. The molecule has 0 aliphatic rings. The van der Waals surface area contributed by atoms with E-state index in [0.717, 1.165) is 19.3 Å². The number of rotatable bonds is 8. The van der Waals surface area contributed by atoms with Crippen molar-refractivity contribution in [1.82, 2.24) is 4.90 Å². The van der Waals surface area contributed by atoms with Crippen molar-refractivity contribution in [3.8, 4) is 0 Å². The molecule has 0 spiro atoms. The summed E-state index contributed by atoms with van der Waals surface area (Å²) in [5.74, 6) is -0.688. The lowest BCUT2D eigenvalue weighted by Gasteiger charge is -2.35. The van der Waals surface area contributed by atoms with E-state index in [2.05, 4.69) is 6.92 Å². The van der Waals surface area contributed by atoms with Crippen LogP contribution >= 0.6 is 0 Å². The molecule has 0 aromatic carbocycles. The van der Waals surface area contributed by atoms with Crippen LogP contribution in [0.2, 0.25) is 0 Å². The van der Waals surface area contributed by atoms with E-state index in [9.17, 15) is 9.90 Å². The van der Waals surface area contributed by atoms with Crippen LogP contribution in [0.25, 0.3) is 0 Å². The van der Waals surface area contributed by atoms with Gasteiger partial charge in [-0.1, -0.05) is 39.5 Å². The molecule has 0 heterocycles. The van der Waals surface area contributed by atoms with Crippen molar-refractivity contribution in [2.45, 2.75) is 57.9 Å². The summed E-state index contributed by atoms with van der Waals surface area (Å²) in [5, 5.41) is 9.31. The molecule has 0 rings (SSSR count). The maximum Gasteiger partial charge on any atom is 0.324 e. The van der Waals surface area contributed by atoms with Crippen LogP contribution in [0.4, 0.5) is 0 Å². The van der Waals surface area contributed by atoms with E-state index in [1.54, 1.807) is 0 Å². The maximum atomic E-state index is 11.3. The van der Waals surface area contributed by atoms with Gasteiger partial charge in [0.05, 0.1) is 0 Å². The fraction of sp³-hybridized carbons (Fsp3) is 0.917. The first kappa shape index (κ1) is 14.4. The first-order valence-corrected chi connectivity index (χ1v) is 5.92. The van der Waals surface area contributed by atoms with Crippen LogP contribution in [-0.4, -0.2) is 35.6 Å². The molecule has 90 valence electrons. The van der Waals surface area contributed by atoms with Crippen molar-refractivity contribution in [2.75, 3.05) is 14.1 Å². The summed E-state index contributed by atoms with van der Waals surface area (Å²) in [5.41, 5.74) is -0.659. The molecule has 0 saturated heterocycles. The van der Waals surface area contributed by atoms with Crippen molar-refractivity contribution in [1.29, 1.82) is 0 Å². The smallest absolute Gasteiger partial charge is 0.324 e. The van der Waals surface area contributed by atoms with E-state index < -0.39 is 11.5 Å². The molecule has 0 saturated carbocycles. The Morgan fingerprint density at radius 1 is 1.20 bits per heavy atom. The van der Waals surface area contributed by atoms with Gasteiger partial charge in [0.25, 0.3) is 0 Å². The summed E-state index contributed by atoms with van der Waals surface area (Å²) in [6, 6.07) is 0. The molecular formula is C12H25NO2. The average molecular weight is 215 g/mol. The standard InChI is InChI=1S/C12H25NO2/c1-5-7-8-9-10-12(6-2,11(14)15)13(3)4/h5-10H2,1-4H3,(H,14,15). The Labute approximate surface area is 93.5 Å². The second-order valence-corrected chi connectivity index (χ2v) is 4.40. The van der Waals surface area contributed by atoms with Crippen LogP contribution in [-0.2, 0) is 4.79 Å². The summed E-state index contributed by atoms with van der Waals surface area (Å²) in [7, 11) is 3.72. The number of carboxylic acid groups (broad SMARTS) is 1. The third-order valence-corrected chi connectivity index (χ3v) is 3.28. The molecule has 0 fully saturated rings. The zero-order chi connectivity index (χ0) is 11.9. The molecule has 15 heavy (non-hydrogen) atoms. The minimum atomic E-state index is -0.688. The molecular weight excluding hydrogens is 190 g/mol. The van der Waals surface area contributed by atoms with Crippen LogP contribution in [0.15, 0.2) is 0 Å². The summed E-state index contributed by atoms with van der Waals surface area (Å²) >= 11 is 0. The monoisotopic (exact) mass is 215 g/mol. The van der Waals surface area contributed by atoms with Gasteiger partial charge < -0.3 is 5.11 Å². The van der Waals surface area contributed by atoms with E-state index in [0.29, 0.717) is 6.42 Å². The Bertz CT molecular complexity index is 192. The molecule has 0 bridgehead atoms. The number of nitrogens with zero attached hydrogens (tertiary/aromatic N) is 1. The maximum absolute atomic E-state index is 11.3. The largest absolute Gasteiger partial charge is 0.480 e. The van der Waals surface area contributed by atoms with Gasteiger partial charge >= 0.3 is 5.97 Å². The van der Waals surface area contributed by atoms with Crippen molar-refractivity contribution in [2.24, 2.45) is 0 Å². The molecule has 0 aliphatic carbocycles. The van der Waals surface area contributed by atoms with Crippen molar-refractivity contribution in [3.05, 3.63) is 0 Å². The van der Waals surface area contributed by atoms with Gasteiger partial charge in [-0.3, -0.25) is 9.69 Å². The molecule has 0 aromatic heterocycles. The molecule has 3 heteroatoms. The Hall–Kier alpha value is -0.570. The molecule has 0 radical (unpaired) electrons. The zero-order valence-corrected chi connectivity index (χ0v) is 10.5. The first-order valence-electron chi connectivity index (χ1n) is 5.92. The topological polar surface area (TPSA) is 40.5 Å². The average Bonchev–Trinajstić information content (AvgIpc) is 2.17. The third kappa shape index (κ3) is 3.82. The van der Waals surface area contributed by atoms with Crippen molar-refractivity contribution >= 4 is 5.97 Å². The first-order chi connectivity index (χ1) is 7.01. The van der Waals surface area contributed by atoms with Gasteiger partial charge in [0.2, 0.25) is 0 Å². The van der Waals surface area contributed by atoms with E-state index in [-0.39, 0.29) is 0 Å². The highest BCUT2D eigenvalue weighted by Gasteiger charge is 2.38. The van der Waals surface area contributed by atoms with E-state index in [4.69, 9.17) is 0 Å². The van der Waals surface area contributed by atoms with Gasteiger partial charge in [-0.05, 0) is 26.9 Å². The van der Waals surface area contributed by atoms with Crippen LogP contribution in [0.3, 0.4) is 0 Å². The van der Waals surface area contributed by atoms with Crippen molar-refractivity contribution in [3.63, 3.8) is 0 Å². The summed E-state index contributed by atoms with van der Waals surface area (Å²) in [4.78, 5) is 13.2. The fourth-order valence-corrected chi connectivity index (χ4v) is 2.01. The number of carbonyl (C=O) groups is 1. The normalized spacial score (nSPS) is 15.3. The minimum absolute atomic E-state index is 0.659. The Balaban J connectivity index is 4.30. The lowest BCUT2D eigenvalue weighted by molar-refractivity contribution is -0.150. The van der Waals surface area contributed by atoms with E-state index >= 15 is 0 Å². The lowest BCUT2D eigenvalue weighted by atomic mass is 9.88. The molecule has 1 unspecified atom stereocenters. The van der Waals surface area contributed by atoms with Crippen LogP contribution in [0.1, 0.15) is 52.4 Å². The Morgan fingerprint density at radius 3 is 2.13 bits per heavy atom. The van der Waals surface area contributed by atoms with Gasteiger partial charge in [0, 0.05) is 0 Å². The number of hydrogen-bond acceptors (Lipinski definition) is 2. The number of unbranched alkanes of at least 4 members (excludes halogenated alkanes) is 3. The fourth-order valence-electron chi connectivity index (χ4n) is 2.01. The predicted octanol–water partition coefficient (Wildman–Crippen LogP) is 2.75. The van der Waals surface area contributed by atoms with Gasteiger partial charge in [-0.2, -0.15) is 0 Å². The quantitative estimate of drug-likeness (QED) is 0.633. The number of hydrogen-bond donors (Lipinski definition) is 1. The highest BCUT2D eigenvalue weighted by molar-refractivity contribution is 5.78.